The van der Waals surface area contributed by atoms with E-state index in [0.717, 1.165) is 24.3 Å². The highest BCUT2D eigenvalue weighted by atomic mass is 19.4. The lowest BCUT2D eigenvalue weighted by atomic mass is 10.1. The molecule has 11 heteroatoms. The summed E-state index contributed by atoms with van der Waals surface area (Å²) in [5, 5.41) is 6.48. The third kappa shape index (κ3) is 5.14. The largest absolute Gasteiger partial charge is 0.470 e. The van der Waals surface area contributed by atoms with Crippen LogP contribution in [-0.4, -0.2) is 64.2 Å². The first kappa shape index (κ1) is 22.7. The number of carbonyl (C=O) groups is 1. The molecule has 0 atom stereocenters. The van der Waals surface area contributed by atoms with Gasteiger partial charge in [-0.05, 0) is 37.7 Å². The predicted octanol–water partition coefficient (Wildman–Crippen LogP) is 3.83. The van der Waals surface area contributed by atoms with Crippen LogP contribution in [0.2, 0.25) is 0 Å². The number of aromatic nitrogens is 3. The minimum atomic E-state index is -4.71. The van der Waals surface area contributed by atoms with Crippen molar-refractivity contribution in [2.45, 2.75) is 19.6 Å². The second-order valence-corrected chi connectivity index (χ2v) is 7.89. The summed E-state index contributed by atoms with van der Waals surface area (Å²) in [6.07, 6.45) is -3.35. The van der Waals surface area contributed by atoms with Gasteiger partial charge in [0, 0.05) is 38.1 Å². The van der Waals surface area contributed by atoms with E-state index in [1.165, 1.54) is 6.20 Å². The monoisotopic (exact) mass is 460 g/mol. The van der Waals surface area contributed by atoms with Gasteiger partial charge in [-0.1, -0.05) is 18.2 Å². The van der Waals surface area contributed by atoms with Crippen LogP contribution in [0.25, 0.3) is 11.5 Å². The van der Waals surface area contributed by atoms with Crippen LogP contribution in [0.5, 0.6) is 0 Å². The summed E-state index contributed by atoms with van der Waals surface area (Å²) in [6.45, 7) is 4.98. The van der Waals surface area contributed by atoms with Crippen molar-refractivity contribution in [3.8, 4) is 11.5 Å². The van der Waals surface area contributed by atoms with Gasteiger partial charge in [0.2, 0.25) is 5.89 Å². The summed E-state index contributed by atoms with van der Waals surface area (Å²) in [6, 6.07) is 10.7. The number of anilines is 1. The van der Waals surface area contributed by atoms with E-state index in [9.17, 15) is 18.0 Å². The van der Waals surface area contributed by atoms with Crippen LogP contribution in [0.4, 0.5) is 23.7 Å². The van der Waals surface area contributed by atoms with Gasteiger partial charge in [-0.3, -0.25) is 9.88 Å². The highest BCUT2D eigenvalue weighted by Crippen LogP contribution is 2.30. The van der Waals surface area contributed by atoms with Crippen LogP contribution in [-0.2, 0) is 12.7 Å². The molecule has 3 heterocycles. The van der Waals surface area contributed by atoms with Gasteiger partial charge in [-0.15, -0.1) is 10.2 Å². The molecule has 4 rings (SSSR count). The Morgan fingerprint density at radius 1 is 1.09 bits per heavy atom. The molecule has 0 spiro atoms. The Kier molecular flexibility index (Phi) is 6.32. The van der Waals surface area contributed by atoms with E-state index in [0.29, 0.717) is 18.8 Å². The number of carbonyl (C=O) groups excluding carboxylic acids is 1. The molecule has 174 valence electrons. The van der Waals surface area contributed by atoms with Gasteiger partial charge in [0.15, 0.2) is 0 Å². The second-order valence-electron chi connectivity index (χ2n) is 7.89. The zero-order chi connectivity index (χ0) is 23.6. The lowest BCUT2D eigenvalue weighted by Crippen LogP contribution is -2.52. The fraction of sp³-hybridized carbons (Fsp3) is 0.364. The number of rotatable bonds is 4. The molecule has 3 aromatic rings. The highest BCUT2D eigenvalue weighted by Gasteiger charge is 2.38. The van der Waals surface area contributed by atoms with E-state index in [4.69, 9.17) is 4.42 Å². The number of urea groups is 1. The van der Waals surface area contributed by atoms with Crippen LogP contribution in [0, 0.1) is 6.92 Å². The van der Waals surface area contributed by atoms with Crippen LogP contribution in [0.15, 0.2) is 47.0 Å². The zero-order valence-corrected chi connectivity index (χ0v) is 18.2. The van der Waals surface area contributed by atoms with Gasteiger partial charge >= 0.3 is 18.1 Å². The normalized spacial score (nSPS) is 15.0. The number of para-hydroxylation sites is 1. The number of likely N-dealkylation sites (N-methyl/N-ethyl adjacent to an activating group) is 1. The van der Waals surface area contributed by atoms with E-state index in [-0.39, 0.29) is 24.0 Å². The molecule has 0 aliphatic carbocycles. The topological polar surface area (TPSA) is 78.6 Å². The minimum Gasteiger partial charge on any atom is -0.413 e. The number of piperazine rings is 1. The maximum absolute atomic E-state index is 13.4. The number of benzene rings is 1. The van der Waals surface area contributed by atoms with E-state index < -0.39 is 12.1 Å². The molecule has 0 N–H and O–H groups in total. The van der Waals surface area contributed by atoms with Crippen LogP contribution >= 0.6 is 0 Å². The SMILES string of the molecule is Cc1ccccc1N(Cc1ccc(-c2nnc(C(F)(F)F)o2)cn1)C(=O)N1CCN(C)CC1. The Bertz CT molecular complexity index is 1110. The maximum Gasteiger partial charge on any atom is 0.470 e. The fourth-order valence-corrected chi connectivity index (χ4v) is 3.55. The van der Waals surface area contributed by atoms with Gasteiger partial charge in [0.1, 0.15) is 0 Å². The number of alkyl halides is 3. The molecule has 0 unspecified atom stereocenters. The molecule has 33 heavy (non-hydrogen) atoms. The molecule has 1 aliphatic heterocycles. The van der Waals surface area contributed by atoms with E-state index >= 15 is 0 Å². The summed E-state index contributed by atoms with van der Waals surface area (Å²) in [4.78, 5) is 23.4. The standard InChI is InChI=1S/C22H23F3N6O2/c1-15-5-3-4-6-18(15)31(21(32)30-11-9-29(2)10-12-30)14-17-8-7-16(13-26-17)19-27-28-20(33-19)22(23,24)25/h3-8,13H,9-12,14H2,1-2H3. The first-order valence-electron chi connectivity index (χ1n) is 10.4. The molecular formula is C22H23F3N6O2. The van der Waals surface area contributed by atoms with Crippen molar-refractivity contribution in [2.24, 2.45) is 0 Å². The van der Waals surface area contributed by atoms with Crippen LogP contribution in [0.1, 0.15) is 17.1 Å². The Morgan fingerprint density at radius 3 is 2.42 bits per heavy atom. The summed E-state index contributed by atoms with van der Waals surface area (Å²) < 4.78 is 42.8. The summed E-state index contributed by atoms with van der Waals surface area (Å²) in [5.41, 5.74) is 2.55. The van der Waals surface area contributed by atoms with Crippen molar-refractivity contribution in [3.63, 3.8) is 0 Å². The second kappa shape index (κ2) is 9.18. The maximum atomic E-state index is 13.4. The predicted molar refractivity (Wildman–Crippen MR) is 114 cm³/mol. The van der Waals surface area contributed by atoms with Crippen molar-refractivity contribution >= 4 is 11.7 Å². The van der Waals surface area contributed by atoms with Crippen molar-refractivity contribution in [1.29, 1.82) is 0 Å². The molecule has 1 saturated heterocycles. The minimum absolute atomic E-state index is 0.116. The van der Waals surface area contributed by atoms with E-state index in [1.807, 2.05) is 43.1 Å². The van der Waals surface area contributed by atoms with Gasteiger partial charge < -0.3 is 14.2 Å². The molecule has 2 aromatic heterocycles. The molecule has 1 aromatic carbocycles. The van der Waals surface area contributed by atoms with Crippen molar-refractivity contribution < 1.29 is 22.4 Å². The first-order valence-corrected chi connectivity index (χ1v) is 10.4. The number of aryl methyl sites for hydroxylation is 1. The molecule has 0 radical (unpaired) electrons. The van der Waals surface area contributed by atoms with Crippen molar-refractivity contribution in [1.82, 2.24) is 25.0 Å². The molecule has 0 saturated carbocycles. The number of pyridine rings is 1. The zero-order valence-electron chi connectivity index (χ0n) is 18.2. The average molecular weight is 460 g/mol. The molecule has 1 fully saturated rings. The quantitative estimate of drug-likeness (QED) is 0.589. The molecule has 1 aliphatic rings. The number of hydrogen-bond donors (Lipinski definition) is 0. The third-order valence-corrected chi connectivity index (χ3v) is 5.47. The number of hydrogen-bond acceptors (Lipinski definition) is 6. The Morgan fingerprint density at radius 2 is 1.82 bits per heavy atom. The highest BCUT2D eigenvalue weighted by molar-refractivity contribution is 5.92. The summed E-state index contributed by atoms with van der Waals surface area (Å²) in [5.74, 6) is -1.68. The Labute approximate surface area is 188 Å². The molecular weight excluding hydrogens is 437 g/mol. The van der Waals surface area contributed by atoms with Gasteiger partial charge in [0.25, 0.3) is 0 Å². The number of nitrogens with zero attached hydrogens (tertiary/aromatic N) is 6. The lowest BCUT2D eigenvalue weighted by molar-refractivity contribution is -0.156. The number of halogens is 3. The van der Waals surface area contributed by atoms with E-state index in [1.54, 1.807) is 17.0 Å². The Hall–Kier alpha value is -3.47. The Balaban J connectivity index is 1.56. The van der Waals surface area contributed by atoms with Gasteiger partial charge in [-0.25, -0.2) is 4.79 Å². The average Bonchev–Trinajstić information content (AvgIpc) is 3.30. The third-order valence-electron chi connectivity index (χ3n) is 5.47. The van der Waals surface area contributed by atoms with Gasteiger partial charge in [-0.2, -0.15) is 13.2 Å². The van der Waals surface area contributed by atoms with Gasteiger partial charge in [0.05, 0.1) is 17.8 Å². The lowest BCUT2D eigenvalue weighted by Gasteiger charge is -2.36. The molecule has 8 nitrogen and oxygen atoms in total. The van der Waals surface area contributed by atoms with Crippen LogP contribution < -0.4 is 4.90 Å². The number of amides is 2. The fourth-order valence-electron chi connectivity index (χ4n) is 3.55. The van der Waals surface area contributed by atoms with Crippen LogP contribution in [0.3, 0.4) is 0 Å². The smallest absolute Gasteiger partial charge is 0.413 e. The first-order chi connectivity index (χ1) is 15.7. The summed E-state index contributed by atoms with van der Waals surface area (Å²) in [7, 11) is 2.02. The molecule has 0 bridgehead atoms. The van der Waals surface area contributed by atoms with Crippen molar-refractivity contribution in [2.75, 3.05) is 38.1 Å². The van der Waals surface area contributed by atoms with Crippen molar-refractivity contribution in [3.05, 3.63) is 59.7 Å². The summed E-state index contributed by atoms with van der Waals surface area (Å²) >= 11 is 0. The molecule has 2 amide bonds. The van der Waals surface area contributed by atoms with E-state index in [2.05, 4.69) is 20.1 Å².